The number of amides is 1. The summed E-state index contributed by atoms with van der Waals surface area (Å²) in [5.74, 6) is 0.0183. The van der Waals surface area contributed by atoms with Crippen LogP contribution in [0.2, 0.25) is 0 Å². The fourth-order valence-electron chi connectivity index (χ4n) is 4.45. The molecule has 0 radical (unpaired) electrons. The third-order valence-corrected chi connectivity index (χ3v) is 6.01. The summed E-state index contributed by atoms with van der Waals surface area (Å²) < 4.78 is 10.7. The van der Waals surface area contributed by atoms with Crippen molar-refractivity contribution in [3.05, 3.63) is 29.3 Å². The highest BCUT2D eigenvalue weighted by Crippen LogP contribution is 2.54. The lowest BCUT2D eigenvalue weighted by molar-refractivity contribution is -0.145. The van der Waals surface area contributed by atoms with Gasteiger partial charge in [-0.05, 0) is 36.5 Å². The van der Waals surface area contributed by atoms with Gasteiger partial charge in [-0.1, -0.05) is 12.1 Å². The van der Waals surface area contributed by atoms with Crippen LogP contribution in [-0.2, 0) is 27.2 Å². The molecule has 1 aliphatic carbocycles. The standard InChI is InChI=1S/C19H22N2O4/c22-17-19(5-6-19)10-14(25-17)12-20-7-4-15-13(11-20)2-1-3-16(15)21-8-9-24-18(21)23/h1-3,14H,4-12H2. The van der Waals surface area contributed by atoms with Gasteiger partial charge in [0.15, 0.2) is 0 Å². The molecule has 25 heavy (non-hydrogen) atoms. The van der Waals surface area contributed by atoms with Crippen LogP contribution in [0.1, 0.15) is 30.4 Å². The van der Waals surface area contributed by atoms with E-state index in [1.165, 1.54) is 11.1 Å². The van der Waals surface area contributed by atoms with Crippen molar-refractivity contribution in [2.24, 2.45) is 5.41 Å². The zero-order chi connectivity index (χ0) is 17.0. The summed E-state index contributed by atoms with van der Waals surface area (Å²) in [6.07, 6.45) is 3.58. The van der Waals surface area contributed by atoms with E-state index >= 15 is 0 Å². The van der Waals surface area contributed by atoms with E-state index < -0.39 is 0 Å². The number of benzene rings is 1. The van der Waals surface area contributed by atoms with Gasteiger partial charge in [0, 0.05) is 26.1 Å². The van der Waals surface area contributed by atoms with E-state index in [2.05, 4.69) is 11.0 Å². The van der Waals surface area contributed by atoms with Crippen molar-refractivity contribution in [3.63, 3.8) is 0 Å². The quantitative estimate of drug-likeness (QED) is 0.788. The molecule has 0 aromatic heterocycles. The summed E-state index contributed by atoms with van der Waals surface area (Å²) in [4.78, 5) is 27.9. The number of hydrogen-bond acceptors (Lipinski definition) is 5. The molecule has 1 spiro atoms. The summed E-state index contributed by atoms with van der Waals surface area (Å²) in [6, 6.07) is 6.16. The molecule has 1 amide bonds. The number of fused-ring (bicyclic) bond motifs is 1. The fourth-order valence-corrected chi connectivity index (χ4v) is 4.45. The number of rotatable bonds is 3. The first-order chi connectivity index (χ1) is 12.1. The van der Waals surface area contributed by atoms with Crippen LogP contribution < -0.4 is 4.90 Å². The second kappa shape index (κ2) is 5.46. The van der Waals surface area contributed by atoms with Gasteiger partial charge in [-0.2, -0.15) is 0 Å². The molecule has 132 valence electrons. The second-order valence-electron chi connectivity index (χ2n) is 7.68. The third kappa shape index (κ3) is 2.51. The summed E-state index contributed by atoms with van der Waals surface area (Å²) in [5, 5.41) is 0. The number of esters is 1. The smallest absolute Gasteiger partial charge is 0.414 e. The van der Waals surface area contributed by atoms with E-state index in [9.17, 15) is 9.59 Å². The van der Waals surface area contributed by atoms with Crippen molar-refractivity contribution in [3.8, 4) is 0 Å². The minimum absolute atomic E-state index is 0.0183. The molecule has 1 unspecified atom stereocenters. The van der Waals surface area contributed by atoms with Gasteiger partial charge in [-0.15, -0.1) is 0 Å². The summed E-state index contributed by atoms with van der Waals surface area (Å²) >= 11 is 0. The molecule has 2 saturated heterocycles. The molecular formula is C19H22N2O4. The molecule has 1 atom stereocenters. The lowest BCUT2D eigenvalue weighted by atomic mass is 9.96. The molecule has 3 heterocycles. The normalized spacial score (nSPS) is 27.4. The van der Waals surface area contributed by atoms with Crippen molar-refractivity contribution < 1.29 is 19.1 Å². The Morgan fingerprint density at radius 3 is 2.80 bits per heavy atom. The maximum atomic E-state index is 11.9. The largest absolute Gasteiger partial charge is 0.461 e. The van der Waals surface area contributed by atoms with Crippen LogP contribution in [0, 0.1) is 5.41 Å². The van der Waals surface area contributed by atoms with Gasteiger partial charge >= 0.3 is 12.1 Å². The van der Waals surface area contributed by atoms with Crippen LogP contribution >= 0.6 is 0 Å². The zero-order valence-electron chi connectivity index (χ0n) is 14.2. The first kappa shape index (κ1) is 15.2. The number of anilines is 1. The van der Waals surface area contributed by atoms with Crippen molar-refractivity contribution in [1.82, 2.24) is 4.90 Å². The van der Waals surface area contributed by atoms with Crippen LogP contribution in [0.15, 0.2) is 18.2 Å². The Balaban J connectivity index is 1.30. The van der Waals surface area contributed by atoms with E-state index in [1.54, 1.807) is 4.90 Å². The molecular weight excluding hydrogens is 320 g/mol. The van der Waals surface area contributed by atoms with Gasteiger partial charge in [-0.3, -0.25) is 14.6 Å². The van der Waals surface area contributed by atoms with Gasteiger partial charge in [0.1, 0.15) is 12.7 Å². The van der Waals surface area contributed by atoms with Crippen LogP contribution in [0.25, 0.3) is 0 Å². The number of nitrogens with zero attached hydrogens (tertiary/aromatic N) is 2. The first-order valence-corrected chi connectivity index (χ1v) is 9.13. The number of hydrogen-bond donors (Lipinski definition) is 0. The molecule has 1 aromatic carbocycles. The van der Waals surface area contributed by atoms with Crippen molar-refractivity contribution >= 4 is 17.7 Å². The van der Waals surface area contributed by atoms with Gasteiger partial charge in [0.25, 0.3) is 0 Å². The topological polar surface area (TPSA) is 59.1 Å². The van der Waals surface area contributed by atoms with Crippen LogP contribution in [0.3, 0.4) is 0 Å². The minimum atomic E-state index is -0.247. The molecule has 1 aromatic rings. The molecule has 3 aliphatic heterocycles. The van der Waals surface area contributed by atoms with E-state index in [1.807, 2.05) is 12.1 Å². The number of cyclic esters (lactones) is 2. The molecule has 5 rings (SSSR count). The summed E-state index contributed by atoms with van der Waals surface area (Å²) in [5.41, 5.74) is 3.37. The predicted molar refractivity (Wildman–Crippen MR) is 90.3 cm³/mol. The van der Waals surface area contributed by atoms with Crippen LogP contribution in [0.4, 0.5) is 10.5 Å². The van der Waals surface area contributed by atoms with Gasteiger partial charge in [-0.25, -0.2) is 4.79 Å². The highest BCUT2D eigenvalue weighted by atomic mass is 16.6. The molecule has 6 nitrogen and oxygen atoms in total. The molecule has 1 saturated carbocycles. The Labute approximate surface area is 146 Å². The second-order valence-corrected chi connectivity index (χ2v) is 7.68. The summed E-state index contributed by atoms with van der Waals surface area (Å²) in [6.45, 7) is 3.66. The monoisotopic (exact) mass is 342 g/mol. The maximum absolute atomic E-state index is 11.9. The highest BCUT2D eigenvalue weighted by Gasteiger charge is 2.57. The number of ether oxygens (including phenoxy) is 2. The van der Waals surface area contributed by atoms with Crippen molar-refractivity contribution in [2.45, 2.75) is 38.3 Å². The predicted octanol–water partition coefficient (Wildman–Crippen LogP) is 2.10. The Bertz CT molecular complexity index is 743. The Kier molecular flexibility index (Phi) is 3.32. The van der Waals surface area contributed by atoms with E-state index in [4.69, 9.17) is 9.47 Å². The van der Waals surface area contributed by atoms with E-state index in [-0.39, 0.29) is 23.6 Å². The van der Waals surface area contributed by atoms with Gasteiger partial charge in [0.2, 0.25) is 0 Å². The highest BCUT2D eigenvalue weighted by molar-refractivity contribution is 5.90. The number of carbonyl (C=O) groups excluding carboxylic acids is 2. The van der Waals surface area contributed by atoms with Gasteiger partial charge in [0.05, 0.1) is 17.6 Å². The average Bonchev–Trinajstić information content (AvgIpc) is 3.16. The molecule has 0 bridgehead atoms. The Morgan fingerprint density at radius 2 is 2.08 bits per heavy atom. The molecule has 6 heteroatoms. The Hall–Kier alpha value is -2.08. The van der Waals surface area contributed by atoms with Crippen LogP contribution in [-0.4, -0.2) is 49.3 Å². The van der Waals surface area contributed by atoms with Gasteiger partial charge < -0.3 is 9.47 Å². The minimum Gasteiger partial charge on any atom is -0.461 e. The van der Waals surface area contributed by atoms with Crippen molar-refractivity contribution in [1.29, 1.82) is 0 Å². The summed E-state index contributed by atoms with van der Waals surface area (Å²) in [7, 11) is 0. The van der Waals surface area contributed by atoms with Crippen molar-refractivity contribution in [2.75, 3.05) is 31.1 Å². The van der Waals surface area contributed by atoms with Crippen LogP contribution in [0.5, 0.6) is 0 Å². The van der Waals surface area contributed by atoms with E-state index in [0.717, 1.165) is 51.0 Å². The molecule has 4 aliphatic rings. The molecule has 3 fully saturated rings. The Morgan fingerprint density at radius 1 is 1.20 bits per heavy atom. The molecule has 0 N–H and O–H groups in total. The maximum Gasteiger partial charge on any atom is 0.414 e. The number of carbonyl (C=O) groups is 2. The SMILES string of the molecule is O=C1OCCN1c1cccc2c1CCN(CC1CC3(CC3)C(=O)O1)C2. The lowest BCUT2D eigenvalue weighted by Crippen LogP contribution is -2.37. The average molecular weight is 342 g/mol. The third-order valence-electron chi connectivity index (χ3n) is 6.01. The zero-order valence-corrected chi connectivity index (χ0v) is 14.2. The first-order valence-electron chi connectivity index (χ1n) is 9.13. The van der Waals surface area contributed by atoms with E-state index in [0.29, 0.717) is 13.2 Å². The fraction of sp³-hybridized carbons (Fsp3) is 0.579. The lowest BCUT2D eigenvalue weighted by Gasteiger charge is -2.32.